The fourth-order valence-electron chi connectivity index (χ4n) is 2.81. The Labute approximate surface area is 146 Å². The van der Waals surface area contributed by atoms with Gasteiger partial charge in [-0.25, -0.2) is 9.07 Å². The van der Waals surface area contributed by atoms with Crippen molar-refractivity contribution in [2.75, 3.05) is 27.2 Å². The Morgan fingerprint density at radius 2 is 2.16 bits per heavy atom. The van der Waals surface area contributed by atoms with E-state index in [1.807, 2.05) is 19.0 Å². The van der Waals surface area contributed by atoms with Gasteiger partial charge < -0.3 is 15.0 Å². The largest absolute Gasteiger partial charge is 0.478 e. The van der Waals surface area contributed by atoms with Gasteiger partial charge in [0.05, 0.1) is 12.6 Å². The first-order valence-electron chi connectivity index (χ1n) is 8.44. The van der Waals surface area contributed by atoms with Crippen molar-refractivity contribution in [3.8, 4) is 5.88 Å². The Morgan fingerprint density at radius 1 is 1.40 bits per heavy atom. The number of rotatable bonds is 6. The number of ether oxygens (including phenoxy) is 1. The van der Waals surface area contributed by atoms with E-state index < -0.39 is 0 Å². The lowest BCUT2D eigenvalue weighted by atomic mass is 10.0. The molecule has 25 heavy (non-hydrogen) atoms. The molecule has 1 aromatic carbocycles. The highest BCUT2D eigenvalue weighted by Crippen LogP contribution is 2.21. The van der Waals surface area contributed by atoms with Crippen LogP contribution in [0.5, 0.6) is 5.88 Å². The van der Waals surface area contributed by atoms with Crippen LogP contribution >= 0.6 is 0 Å². The van der Waals surface area contributed by atoms with E-state index in [-0.39, 0.29) is 17.8 Å². The van der Waals surface area contributed by atoms with E-state index >= 15 is 0 Å². The molecular weight excluding hydrogens is 323 g/mol. The van der Waals surface area contributed by atoms with Crippen molar-refractivity contribution in [2.24, 2.45) is 0 Å². The van der Waals surface area contributed by atoms with Crippen molar-refractivity contribution >= 4 is 5.91 Å². The molecule has 1 amide bonds. The van der Waals surface area contributed by atoms with E-state index in [9.17, 15) is 9.18 Å². The molecule has 0 fully saturated rings. The first-order valence-corrected chi connectivity index (χ1v) is 8.44. The number of benzene rings is 1. The van der Waals surface area contributed by atoms with Gasteiger partial charge in [-0.1, -0.05) is 12.1 Å². The van der Waals surface area contributed by atoms with E-state index in [1.54, 1.807) is 22.9 Å². The normalized spacial score (nSPS) is 14.7. The van der Waals surface area contributed by atoms with Crippen molar-refractivity contribution < 1.29 is 13.9 Å². The molecule has 2 aromatic rings. The summed E-state index contributed by atoms with van der Waals surface area (Å²) < 4.78 is 20.4. The van der Waals surface area contributed by atoms with Gasteiger partial charge in [-0.3, -0.25) is 4.79 Å². The molecular formula is C18H23FN4O2. The molecule has 134 valence electrons. The summed E-state index contributed by atoms with van der Waals surface area (Å²) >= 11 is 0. The number of aryl methyl sites for hydroxylation is 1. The monoisotopic (exact) mass is 346 g/mol. The molecule has 1 aliphatic heterocycles. The van der Waals surface area contributed by atoms with E-state index in [0.29, 0.717) is 24.6 Å². The van der Waals surface area contributed by atoms with Gasteiger partial charge >= 0.3 is 0 Å². The summed E-state index contributed by atoms with van der Waals surface area (Å²) in [5.74, 6) is 0.0852. The zero-order chi connectivity index (χ0) is 17.8. The van der Waals surface area contributed by atoms with E-state index in [0.717, 1.165) is 25.1 Å². The van der Waals surface area contributed by atoms with Crippen molar-refractivity contribution in [3.05, 3.63) is 47.4 Å². The number of nitrogens with one attached hydrogen (secondary N) is 1. The molecule has 1 aromatic heterocycles. The van der Waals surface area contributed by atoms with Gasteiger partial charge in [-0.2, -0.15) is 5.10 Å². The number of amides is 1. The Hall–Kier alpha value is -2.41. The lowest BCUT2D eigenvalue weighted by Crippen LogP contribution is -2.31. The molecule has 0 radical (unpaired) electrons. The minimum absolute atomic E-state index is 0.213. The van der Waals surface area contributed by atoms with Gasteiger partial charge in [0.15, 0.2) is 5.69 Å². The standard InChI is InChI=1S/C18H23FN4O2/c1-22(2)10-8-15(13-4-6-14(19)7-5-13)20-18(24)16-12-17-23(21-16)9-3-11-25-17/h4-7,12,15H,3,8-11H2,1-2H3,(H,20,24). The maximum atomic E-state index is 13.2. The quantitative estimate of drug-likeness (QED) is 0.871. The molecule has 6 nitrogen and oxygen atoms in total. The number of hydrogen-bond donors (Lipinski definition) is 1. The van der Waals surface area contributed by atoms with Crippen LogP contribution in [0.4, 0.5) is 4.39 Å². The summed E-state index contributed by atoms with van der Waals surface area (Å²) in [6, 6.07) is 7.69. The lowest BCUT2D eigenvalue weighted by molar-refractivity contribution is 0.0926. The van der Waals surface area contributed by atoms with E-state index in [2.05, 4.69) is 10.4 Å². The number of carbonyl (C=O) groups is 1. The molecule has 0 bridgehead atoms. The third-order valence-corrected chi connectivity index (χ3v) is 4.18. The summed E-state index contributed by atoms with van der Waals surface area (Å²) in [6.45, 7) is 2.20. The number of fused-ring (bicyclic) bond motifs is 1. The molecule has 0 aliphatic carbocycles. The molecule has 1 atom stereocenters. The molecule has 0 spiro atoms. The van der Waals surface area contributed by atoms with Crippen LogP contribution in [0.1, 0.15) is 34.9 Å². The summed E-state index contributed by atoms with van der Waals surface area (Å²) in [5.41, 5.74) is 1.21. The highest BCUT2D eigenvalue weighted by Gasteiger charge is 2.21. The average Bonchev–Trinajstić information content (AvgIpc) is 3.03. The van der Waals surface area contributed by atoms with Gasteiger partial charge in [0.1, 0.15) is 5.82 Å². The number of hydrogen-bond acceptors (Lipinski definition) is 4. The fraction of sp³-hybridized carbons (Fsp3) is 0.444. The van der Waals surface area contributed by atoms with Crippen molar-refractivity contribution in [1.82, 2.24) is 20.0 Å². The molecule has 3 rings (SSSR count). The summed E-state index contributed by atoms with van der Waals surface area (Å²) in [5, 5.41) is 7.33. The van der Waals surface area contributed by atoms with Gasteiger partial charge in [0.25, 0.3) is 5.91 Å². The third-order valence-electron chi connectivity index (χ3n) is 4.18. The molecule has 2 heterocycles. The smallest absolute Gasteiger partial charge is 0.272 e. The highest BCUT2D eigenvalue weighted by atomic mass is 19.1. The number of halogens is 1. The Kier molecular flexibility index (Phi) is 5.33. The maximum absolute atomic E-state index is 13.2. The molecule has 0 saturated carbocycles. The SMILES string of the molecule is CN(C)CCC(NC(=O)c1cc2n(n1)CCCO2)c1ccc(F)cc1. The number of nitrogens with zero attached hydrogens (tertiary/aromatic N) is 3. The highest BCUT2D eigenvalue weighted by molar-refractivity contribution is 5.92. The molecule has 0 saturated heterocycles. The Morgan fingerprint density at radius 3 is 2.84 bits per heavy atom. The third kappa shape index (κ3) is 4.36. The van der Waals surface area contributed by atoms with Crippen LogP contribution in [0.2, 0.25) is 0 Å². The first-order chi connectivity index (χ1) is 12.0. The number of aromatic nitrogens is 2. The zero-order valence-electron chi connectivity index (χ0n) is 14.5. The summed E-state index contributed by atoms with van der Waals surface area (Å²) in [4.78, 5) is 14.7. The van der Waals surface area contributed by atoms with Crippen LogP contribution in [0.3, 0.4) is 0 Å². The predicted molar refractivity (Wildman–Crippen MR) is 92.1 cm³/mol. The van der Waals surface area contributed by atoms with Gasteiger partial charge in [-0.15, -0.1) is 0 Å². The molecule has 1 N–H and O–H groups in total. The van der Waals surface area contributed by atoms with E-state index in [4.69, 9.17) is 4.74 Å². The van der Waals surface area contributed by atoms with Crippen LogP contribution in [-0.2, 0) is 6.54 Å². The van der Waals surface area contributed by atoms with E-state index in [1.165, 1.54) is 12.1 Å². The Bertz CT molecular complexity index is 704. The average molecular weight is 346 g/mol. The Balaban J connectivity index is 1.75. The molecule has 7 heteroatoms. The second kappa shape index (κ2) is 7.65. The lowest BCUT2D eigenvalue weighted by Gasteiger charge is -2.21. The minimum atomic E-state index is -0.291. The number of carbonyl (C=O) groups excluding carboxylic acids is 1. The first kappa shape index (κ1) is 17.4. The van der Waals surface area contributed by atoms with Crippen molar-refractivity contribution in [1.29, 1.82) is 0 Å². The maximum Gasteiger partial charge on any atom is 0.272 e. The fourth-order valence-corrected chi connectivity index (χ4v) is 2.81. The minimum Gasteiger partial charge on any atom is -0.478 e. The predicted octanol–water partition coefficient (Wildman–Crippen LogP) is 2.23. The van der Waals surface area contributed by atoms with Crippen LogP contribution in [0, 0.1) is 5.82 Å². The zero-order valence-corrected chi connectivity index (χ0v) is 14.5. The van der Waals surface area contributed by atoms with Crippen LogP contribution < -0.4 is 10.1 Å². The van der Waals surface area contributed by atoms with Crippen molar-refractivity contribution in [2.45, 2.75) is 25.4 Å². The summed E-state index contributed by atoms with van der Waals surface area (Å²) in [6.07, 6.45) is 1.60. The van der Waals surface area contributed by atoms with Crippen LogP contribution in [0.15, 0.2) is 30.3 Å². The van der Waals surface area contributed by atoms with Crippen LogP contribution in [-0.4, -0.2) is 47.8 Å². The molecule has 1 unspecified atom stereocenters. The van der Waals surface area contributed by atoms with Gasteiger partial charge in [-0.05, 0) is 44.8 Å². The second-order valence-corrected chi connectivity index (χ2v) is 6.46. The molecule has 1 aliphatic rings. The van der Waals surface area contributed by atoms with Gasteiger partial charge in [0.2, 0.25) is 5.88 Å². The second-order valence-electron chi connectivity index (χ2n) is 6.46. The topological polar surface area (TPSA) is 59.4 Å². The summed E-state index contributed by atoms with van der Waals surface area (Å²) in [7, 11) is 3.95. The van der Waals surface area contributed by atoms with Crippen LogP contribution in [0.25, 0.3) is 0 Å². The van der Waals surface area contributed by atoms with Gasteiger partial charge in [0, 0.05) is 19.0 Å². The van der Waals surface area contributed by atoms with Crippen molar-refractivity contribution in [3.63, 3.8) is 0 Å².